The highest BCUT2D eigenvalue weighted by molar-refractivity contribution is 5.44. The van der Waals surface area contributed by atoms with Crippen LogP contribution in [0.15, 0.2) is 18.2 Å². The number of benzene rings is 1. The molecule has 1 unspecified atom stereocenters. The van der Waals surface area contributed by atoms with Gasteiger partial charge in [0.2, 0.25) is 0 Å². The molecule has 0 fully saturated rings. The number of anilines is 1. The first kappa shape index (κ1) is 10.9. The molecular weight excluding hydrogens is 188 g/mol. The number of hydrogen-bond donors (Lipinski definition) is 1. The van der Waals surface area contributed by atoms with E-state index in [0.717, 1.165) is 6.07 Å². The summed E-state index contributed by atoms with van der Waals surface area (Å²) < 4.78 is 30.8. The molecule has 1 aromatic carbocycles. The third-order valence-electron chi connectivity index (χ3n) is 1.93. The molecule has 0 saturated heterocycles. The zero-order chi connectivity index (χ0) is 10.6. The van der Waals surface area contributed by atoms with Gasteiger partial charge in [-0.25, -0.2) is 8.78 Å². The van der Waals surface area contributed by atoms with Crippen LogP contribution in [0.3, 0.4) is 0 Å². The maximum Gasteiger partial charge on any atom is 0.181 e. The zero-order valence-electron chi connectivity index (χ0n) is 8.18. The average Bonchev–Trinajstić information content (AvgIpc) is 2.20. The lowest BCUT2D eigenvalue weighted by Crippen LogP contribution is -2.18. The fraction of sp³-hybridized carbons (Fsp3) is 0.400. The topological polar surface area (TPSA) is 21.3 Å². The molecule has 0 aliphatic heterocycles. The maximum atomic E-state index is 13.1. The predicted molar refractivity (Wildman–Crippen MR) is 51.3 cm³/mol. The van der Waals surface area contributed by atoms with E-state index in [4.69, 9.17) is 4.74 Å². The Morgan fingerprint density at radius 2 is 2.14 bits per heavy atom. The van der Waals surface area contributed by atoms with E-state index in [2.05, 4.69) is 5.32 Å². The van der Waals surface area contributed by atoms with Crippen molar-refractivity contribution in [1.29, 1.82) is 0 Å². The molecule has 0 radical (unpaired) electrons. The van der Waals surface area contributed by atoms with Crippen LogP contribution < -0.4 is 5.32 Å². The van der Waals surface area contributed by atoms with E-state index in [9.17, 15) is 8.78 Å². The Hall–Kier alpha value is -1.16. The predicted octanol–water partition coefficient (Wildman–Crippen LogP) is 2.41. The Labute approximate surface area is 81.9 Å². The average molecular weight is 201 g/mol. The highest BCUT2D eigenvalue weighted by Crippen LogP contribution is 2.16. The van der Waals surface area contributed by atoms with Crippen molar-refractivity contribution in [3.05, 3.63) is 29.8 Å². The van der Waals surface area contributed by atoms with Crippen molar-refractivity contribution in [2.24, 2.45) is 0 Å². The summed E-state index contributed by atoms with van der Waals surface area (Å²) in [6, 6.07) is 4.03. The van der Waals surface area contributed by atoms with E-state index in [0.29, 0.717) is 6.54 Å². The molecule has 78 valence electrons. The molecule has 4 heteroatoms. The molecule has 0 aliphatic carbocycles. The molecule has 0 spiro atoms. The maximum absolute atomic E-state index is 13.1. The van der Waals surface area contributed by atoms with Gasteiger partial charge in [0.1, 0.15) is 0 Å². The van der Waals surface area contributed by atoms with E-state index in [-0.39, 0.29) is 11.8 Å². The molecular formula is C10H13F2NO. The number of methoxy groups -OCH3 is 1. The minimum Gasteiger partial charge on any atom is -0.380 e. The number of halogens is 2. The van der Waals surface area contributed by atoms with Crippen molar-refractivity contribution in [2.75, 3.05) is 19.0 Å². The third kappa shape index (κ3) is 2.67. The summed E-state index contributed by atoms with van der Waals surface area (Å²) in [4.78, 5) is 0. The van der Waals surface area contributed by atoms with Gasteiger partial charge in [0.05, 0.1) is 11.8 Å². The Morgan fingerprint density at radius 1 is 1.43 bits per heavy atom. The summed E-state index contributed by atoms with van der Waals surface area (Å²) in [5.41, 5.74) is 0.161. The molecule has 1 aromatic rings. The Kier molecular flexibility index (Phi) is 3.83. The molecule has 0 saturated carbocycles. The van der Waals surface area contributed by atoms with Crippen LogP contribution in [0.2, 0.25) is 0 Å². The van der Waals surface area contributed by atoms with Crippen molar-refractivity contribution >= 4 is 5.69 Å². The SMILES string of the molecule is COC(C)CNc1cccc(F)c1F. The lowest BCUT2D eigenvalue weighted by molar-refractivity contribution is 0.128. The normalized spacial score (nSPS) is 12.6. The van der Waals surface area contributed by atoms with Crippen LogP contribution in [0.25, 0.3) is 0 Å². The van der Waals surface area contributed by atoms with E-state index in [1.165, 1.54) is 12.1 Å². The molecule has 0 aliphatic rings. The fourth-order valence-electron chi connectivity index (χ4n) is 0.977. The monoisotopic (exact) mass is 201 g/mol. The van der Waals surface area contributed by atoms with Gasteiger partial charge in [0, 0.05) is 13.7 Å². The molecule has 1 atom stereocenters. The van der Waals surface area contributed by atoms with Crippen LogP contribution >= 0.6 is 0 Å². The van der Waals surface area contributed by atoms with Crippen LogP contribution in [-0.4, -0.2) is 19.8 Å². The van der Waals surface area contributed by atoms with E-state index in [1.807, 2.05) is 6.92 Å². The Balaban J connectivity index is 2.63. The summed E-state index contributed by atoms with van der Waals surface area (Å²) >= 11 is 0. The highest BCUT2D eigenvalue weighted by atomic mass is 19.2. The first-order chi connectivity index (χ1) is 6.65. The molecule has 0 bridgehead atoms. The van der Waals surface area contributed by atoms with Crippen molar-refractivity contribution in [3.63, 3.8) is 0 Å². The number of ether oxygens (including phenoxy) is 1. The lowest BCUT2D eigenvalue weighted by atomic mass is 10.3. The minimum atomic E-state index is -0.851. The van der Waals surface area contributed by atoms with Gasteiger partial charge in [-0.15, -0.1) is 0 Å². The van der Waals surface area contributed by atoms with Gasteiger partial charge in [-0.05, 0) is 19.1 Å². The molecule has 1 N–H and O–H groups in total. The summed E-state index contributed by atoms with van der Waals surface area (Å²) in [6.07, 6.45) is -0.0438. The van der Waals surface area contributed by atoms with E-state index >= 15 is 0 Å². The van der Waals surface area contributed by atoms with Crippen LogP contribution in [0, 0.1) is 11.6 Å². The van der Waals surface area contributed by atoms with Gasteiger partial charge in [0.25, 0.3) is 0 Å². The summed E-state index contributed by atoms with van der Waals surface area (Å²) in [5, 5.41) is 2.76. The van der Waals surface area contributed by atoms with Crippen molar-refractivity contribution < 1.29 is 13.5 Å². The van der Waals surface area contributed by atoms with Crippen LogP contribution in [0.5, 0.6) is 0 Å². The number of hydrogen-bond acceptors (Lipinski definition) is 2. The fourth-order valence-corrected chi connectivity index (χ4v) is 0.977. The van der Waals surface area contributed by atoms with Crippen LogP contribution in [0.1, 0.15) is 6.92 Å². The number of nitrogens with one attached hydrogen (secondary N) is 1. The van der Waals surface area contributed by atoms with Crippen molar-refractivity contribution in [1.82, 2.24) is 0 Å². The van der Waals surface area contributed by atoms with Crippen LogP contribution in [0.4, 0.5) is 14.5 Å². The van der Waals surface area contributed by atoms with Gasteiger partial charge < -0.3 is 10.1 Å². The number of rotatable bonds is 4. The Morgan fingerprint density at radius 3 is 2.79 bits per heavy atom. The smallest absolute Gasteiger partial charge is 0.181 e. The summed E-state index contributed by atoms with van der Waals surface area (Å²) in [6.45, 7) is 2.28. The van der Waals surface area contributed by atoms with Gasteiger partial charge >= 0.3 is 0 Å². The zero-order valence-corrected chi connectivity index (χ0v) is 8.18. The summed E-state index contributed by atoms with van der Waals surface area (Å²) in [5.74, 6) is -1.70. The lowest BCUT2D eigenvalue weighted by Gasteiger charge is -2.12. The van der Waals surface area contributed by atoms with Gasteiger partial charge in [-0.1, -0.05) is 6.07 Å². The van der Waals surface area contributed by atoms with Crippen molar-refractivity contribution in [2.45, 2.75) is 13.0 Å². The molecule has 14 heavy (non-hydrogen) atoms. The third-order valence-corrected chi connectivity index (χ3v) is 1.93. The first-order valence-corrected chi connectivity index (χ1v) is 4.36. The molecule has 1 rings (SSSR count). The molecule has 0 heterocycles. The van der Waals surface area contributed by atoms with Gasteiger partial charge in [0.15, 0.2) is 11.6 Å². The molecule has 0 amide bonds. The molecule has 2 nitrogen and oxygen atoms in total. The standard InChI is InChI=1S/C10H13F2NO/c1-7(14-2)6-13-9-5-3-4-8(11)10(9)12/h3-5,7,13H,6H2,1-2H3. The largest absolute Gasteiger partial charge is 0.380 e. The minimum absolute atomic E-state index is 0.0438. The van der Waals surface area contributed by atoms with Gasteiger partial charge in [-0.3, -0.25) is 0 Å². The molecule has 0 aromatic heterocycles. The Bertz CT molecular complexity index is 304. The van der Waals surface area contributed by atoms with Crippen molar-refractivity contribution in [3.8, 4) is 0 Å². The first-order valence-electron chi connectivity index (χ1n) is 4.36. The second-order valence-corrected chi connectivity index (χ2v) is 3.03. The quantitative estimate of drug-likeness (QED) is 0.807. The second-order valence-electron chi connectivity index (χ2n) is 3.03. The van der Waals surface area contributed by atoms with Gasteiger partial charge in [-0.2, -0.15) is 0 Å². The van der Waals surface area contributed by atoms with Crippen LogP contribution in [-0.2, 0) is 4.74 Å². The highest BCUT2D eigenvalue weighted by Gasteiger charge is 2.07. The van der Waals surface area contributed by atoms with E-state index in [1.54, 1.807) is 7.11 Å². The second kappa shape index (κ2) is 4.91. The van der Waals surface area contributed by atoms with E-state index < -0.39 is 11.6 Å². The summed E-state index contributed by atoms with van der Waals surface area (Å²) in [7, 11) is 1.56.